The van der Waals surface area contributed by atoms with E-state index in [1.807, 2.05) is 0 Å². The molecule has 0 atom stereocenters. The summed E-state index contributed by atoms with van der Waals surface area (Å²) < 4.78 is 82.4. The molecule has 0 spiro atoms. The first kappa shape index (κ1) is 32.3. The predicted octanol–water partition coefficient (Wildman–Crippen LogP) is 3.01. The fourth-order valence-corrected chi connectivity index (χ4v) is 4.09. The van der Waals surface area contributed by atoms with Crippen molar-refractivity contribution in [3.05, 3.63) is 59.2 Å². The van der Waals surface area contributed by atoms with Crippen LogP contribution >= 0.6 is 0 Å². The number of hydrogen-bond acceptors (Lipinski definition) is 9. The van der Waals surface area contributed by atoms with E-state index in [2.05, 4.69) is 4.72 Å². The Morgan fingerprint density at radius 1 is 0.949 bits per heavy atom. The molecule has 0 heterocycles. The Labute approximate surface area is 227 Å². The lowest BCUT2D eigenvalue weighted by molar-refractivity contribution is -0.138. The van der Waals surface area contributed by atoms with E-state index in [0.717, 1.165) is 12.1 Å². The minimum Gasteiger partial charge on any atom is -0.463 e. The predicted molar refractivity (Wildman–Crippen MR) is 140 cm³/mol. The maximum atomic E-state index is 14.6. The van der Waals surface area contributed by atoms with Crippen LogP contribution in [-0.2, 0) is 33.8 Å². The lowest BCUT2D eigenvalue weighted by Gasteiger charge is -2.11. The number of esters is 1. The van der Waals surface area contributed by atoms with Gasteiger partial charge in [-0.1, -0.05) is 0 Å². The van der Waals surface area contributed by atoms with E-state index in [1.165, 1.54) is 37.3 Å². The lowest BCUT2D eigenvalue weighted by Crippen LogP contribution is -2.27. The summed E-state index contributed by atoms with van der Waals surface area (Å²) in [5.74, 6) is -3.24. The minimum atomic E-state index is -3.84. The van der Waals surface area contributed by atoms with Crippen LogP contribution in [0.25, 0.3) is 6.08 Å². The Balaban J connectivity index is 1.85. The molecule has 0 aliphatic carbocycles. The molecule has 10 nitrogen and oxygen atoms in total. The smallest absolute Gasteiger partial charge is 0.333 e. The van der Waals surface area contributed by atoms with Gasteiger partial charge in [-0.25, -0.2) is 26.7 Å². The molecule has 3 N–H and O–H groups in total. The number of carbonyl (C=O) groups excluding carboxylic acids is 1. The number of nitrogens with two attached hydrogens (primary N) is 1. The van der Waals surface area contributed by atoms with Gasteiger partial charge in [0.1, 0.15) is 5.75 Å². The van der Waals surface area contributed by atoms with Gasteiger partial charge >= 0.3 is 5.97 Å². The third-order valence-corrected chi connectivity index (χ3v) is 6.38. The average Bonchev–Trinajstić information content (AvgIpc) is 2.89. The van der Waals surface area contributed by atoms with E-state index < -0.39 is 33.4 Å². The third-order valence-electron chi connectivity index (χ3n) is 4.90. The third kappa shape index (κ3) is 11.4. The SMILES string of the molecule is CCOC(=O)/C(C)=C/c1cc(F)c(Oc2ccc(S(=O)(=O)NCCOCCOCCOCCN)cc2)c(F)c1. The largest absolute Gasteiger partial charge is 0.463 e. The number of rotatable bonds is 18. The lowest BCUT2D eigenvalue weighted by atomic mass is 10.1. The molecular weight excluding hydrogens is 538 g/mol. The molecule has 13 heteroatoms. The van der Waals surface area contributed by atoms with Gasteiger partial charge in [0.15, 0.2) is 17.4 Å². The molecule has 216 valence electrons. The van der Waals surface area contributed by atoms with Crippen molar-refractivity contribution in [2.75, 3.05) is 59.3 Å². The molecule has 0 unspecified atom stereocenters. The molecule has 0 radical (unpaired) electrons. The molecule has 2 aromatic carbocycles. The van der Waals surface area contributed by atoms with Gasteiger partial charge in [-0.15, -0.1) is 0 Å². The standard InChI is InChI=1S/C26H34F2N2O8S/c1-3-37-26(31)19(2)16-20-17-23(27)25(24(28)18-20)38-21-4-6-22(7-5-21)39(32,33)30-9-11-35-13-15-36-14-12-34-10-8-29/h4-7,16-18,30H,3,8-15,29H2,1-2H3/b19-16+. The Kier molecular flexibility index (Phi) is 14.0. The highest BCUT2D eigenvalue weighted by Crippen LogP contribution is 2.30. The molecule has 0 fully saturated rings. The van der Waals surface area contributed by atoms with Crippen molar-refractivity contribution in [3.8, 4) is 11.5 Å². The van der Waals surface area contributed by atoms with Crippen LogP contribution in [0.5, 0.6) is 11.5 Å². The summed E-state index contributed by atoms with van der Waals surface area (Å²) in [6.45, 7) is 5.86. The number of halogens is 2. The fraction of sp³-hybridized carbons (Fsp3) is 0.423. The van der Waals surface area contributed by atoms with E-state index in [0.29, 0.717) is 39.6 Å². The number of hydrogen-bond donors (Lipinski definition) is 2. The molecule has 0 amide bonds. The van der Waals surface area contributed by atoms with Crippen LogP contribution in [0, 0.1) is 11.6 Å². The van der Waals surface area contributed by atoms with Crippen LogP contribution in [0.2, 0.25) is 0 Å². The number of carbonyl (C=O) groups is 1. The quantitative estimate of drug-likeness (QED) is 0.157. The van der Waals surface area contributed by atoms with E-state index in [-0.39, 0.29) is 41.5 Å². The summed E-state index contributed by atoms with van der Waals surface area (Å²) in [5, 5.41) is 0. The van der Waals surface area contributed by atoms with Crippen molar-refractivity contribution in [3.63, 3.8) is 0 Å². The van der Waals surface area contributed by atoms with Gasteiger partial charge in [0.2, 0.25) is 10.0 Å². The normalized spacial score (nSPS) is 12.0. The zero-order chi connectivity index (χ0) is 28.7. The van der Waals surface area contributed by atoms with Crippen molar-refractivity contribution in [2.24, 2.45) is 5.73 Å². The van der Waals surface area contributed by atoms with Crippen LogP contribution in [-0.4, -0.2) is 73.7 Å². The van der Waals surface area contributed by atoms with Gasteiger partial charge in [0.25, 0.3) is 0 Å². The first-order valence-corrected chi connectivity index (χ1v) is 13.7. The van der Waals surface area contributed by atoms with E-state index in [9.17, 15) is 22.0 Å². The second kappa shape index (κ2) is 16.9. The molecule has 0 saturated carbocycles. The van der Waals surface area contributed by atoms with Crippen molar-refractivity contribution in [1.82, 2.24) is 4.72 Å². The highest BCUT2D eigenvalue weighted by Gasteiger charge is 2.17. The summed E-state index contributed by atoms with van der Waals surface area (Å²) in [6.07, 6.45) is 1.29. The molecule has 2 rings (SSSR count). The van der Waals surface area contributed by atoms with Crippen LogP contribution in [0.4, 0.5) is 8.78 Å². The first-order valence-electron chi connectivity index (χ1n) is 12.2. The number of nitrogens with one attached hydrogen (secondary N) is 1. The van der Waals surface area contributed by atoms with Crippen LogP contribution in [0.3, 0.4) is 0 Å². The van der Waals surface area contributed by atoms with Gasteiger partial charge < -0.3 is 29.4 Å². The molecule has 0 aliphatic heterocycles. The van der Waals surface area contributed by atoms with Crippen molar-refractivity contribution < 1.29 is 45.7 Å². The Morgan fingerprint density at radius 2 is 1.51 bits per heavy atom. The van der Waals surface area contributed by atoms with Gasteiger partial charge in [-0.05, 0) is 61.9 Å². The summed E-state index contributed by atoms with van der Waals surface area (Å²) in [7, 11) is -3.84. The Morgan fingerprint density at radius 3 is 2.08 bits per heavy atom. The van der Waals surface area contributed by atoms with Crippen molar-refractivity contribution in [2.45, 2.75) is 18.7 Å². The van der Waals surface area contributed by atoms with Crippen LogP contribution < -0.4 is 15.2 Å². The van der Waals surface area contributed by atoms with Gasteiger partial charge in [0.05, 0.1) is 51.1 Å². The van der Waals surface area contributed by atoms with Gasteiger partial charge in [-0.2, -0.15) is 0 Å². The van der Waals surface area contributed by atoms with Gasteiger partial charge in [0, 0.05) is 18.7 Å². The second-order valence-electron chi connectivity index (χ2n) is 7.96. The fourth-order valence-electron chi connectivity index (χ4n) is 3.08. The Bertz CT molecular complexity index is 1170. The number of benzene rings is 2. The first-order chi connectivity index (χ1) is 18.7. The van der Waals surface area contributed by atoms with Gasteiger partial charge in [-0.3, -0.25) is 0 Å². The molecule has 0 bridgehead atoms. The maximum Gasteiger partial charge on any atom is 0.333 e. The second-order valence-corrected chi connectivity index (χ2v) is 9.73. The molecule has 2 aromatic rings. The van der Waals surface area contributed by atoms with Crippen LogP contribution in [0.1, 0.15) is 19.4 Å². The highest BCUT2D eigenvalue weighted by atomic mass is 32.2. The summed E-state index contributed by atoms with van der Waals surface area (Å²) >= 11 is 0. The monoisotopic (exact) mass is 572 g/mol. The summed E-state index contributed by atoms with van der Waals surface area (Å²) in [6, 6.07) is 7.06. The van der Waals surface area contributed by atoms with Crippen LogP contribution in [0.15, 0.2) is 46.9 Å². The Hall–Kier alpha value is -2.94. The summed E-state index contributed by atoms with van der Waals surface area (Å²) in [5.41, 5.74) is 5.59. The maximum absolute atomic E-state index is 14.6. The molecule has 39 heavy (non-hydrogen) atoms. The number of ether oxygens (including phenoxy) is 5. The zero-order valence-corrected chi connectivity index (χ0v) is 22.7. The number of sulfonamides is 1. The average molecular weight is 573 g/mol. The van der Waals surface area contributed by atoms with E-state index in [4.69, 9.17) is 29.4 Å². The van der Waals surface area contributed by atoms with Crippen molar-refractivity contribution in [1.29, 1.82) is 0 Å². The molecule has 0 aliphatic rings. The highest BCUT2D eigenvalue weighted by molar-refractivity contribution is 7.89. The molecule has 0 aromatic heterocycles. The molecule has 0 saturated heterocycles. The van der Waals surface area contributed by atoms with E-state index >= 15 is 0 Å². The van der Waals surface area contributed by atoms with Crippen molar-refractivity contribution >= 4 is 22.1 Å². The zero-order valence-electron chi connectivity index (χ0n) is 21.9. The molecular formula is C26H34F2N2O8S. The minimum absolute atomic E-state index is 0.0227. The van der Waals surface area contributed by atoms with E-state index in [1.54, 1.807) is 6.92 Å². The summed E-state index contributed by atoms with van der Waals surface area (Å²) in [4.78, 5) is 11.6. The topological polar surface area (TPSA) is 135 Å².